The van der Waals surface area contributed by atoms with Gasteiger partial charge in [0.1, 0.15) is 5.75 Å². The van der Waals surface area contributed by atoms with Crippen LogP contribution in [0.1, 0.15) is 36.8 Å². The number of hydrogen-bond donors (Lipinski definition) is 1. The lowest BCUT2D eigenvalue weighted by Gasteiger charge is -2.26. The van der Waals surface area contributed by atoms with Crippen molar-refractivity contribution in [2.75, 3.05) is 19.7 Å². The number of aryl methyl sites for hydroxylation is 1. The molecule has 6 nitrogen and oxygen atoms in total. The summed E-state index contributed by atoms with van der Waals surface area (Å²) in [7, 11) is 0. The summed E-state index contributed by atoms with van der Waals surface area (Å²) >= 11 is 0. The normalized spacial score (nSPS) is 14.0. The fraction of sp³-hybridized carbons (Fsp3) is 0.348. The number of rotatable bonds is 8. The van der Waals surface area contributed by atoms with E-state index in [1.807, 2.05) is 47.4 Å². The van der Waals surface area contributed by atoms with E-state index >= 15 is 0 Å². The second kappa shape index (κ2) is 11.0. The standard InChI is InChI=1S/C23H27N3O3/c27-22(14-11-19-7-3-1-4-8-19)25-24-17-20-9-12-21(13-10-20)29-18-23(28)26-15-5-2-6-16-26/h1,3-4,7-10,12-13,17H,2,5-6,11,14-16,18H2,(H,25,27)/b24-17-. The van der Waals surface area contributed by atoms with Crippen molar-refractivity contribution in [1.82, 2.24) is 10.3 Å². The van der Waals surface area contributed by atoms with Crippen LogP contribution >= 0.6 is 0 Å². The molecule has 3 rings (SSSR count). The molecule has 0 radical (unpaired) electrons. The number of hydrogen-bond acceptors (Lipinski definition) is 4. The molecule has 1 fully saturated rings. The lowest BCUT2D eigenvalue weighted by Crippen LogP contribution is -2.38. The van der Waals surface area contributed by atoms with Gasteiger partial charge in [0.25, 0.3) is 5.91 Å². The molecule has 6 heteroatoms. The molecule has 1 aliphatic rings. The highest BCUT2D eigenvalue weighted by Crippen LogP contribution is 2.13. The first kappa shape index (κ1) is 20.6. The number of likely N-dealkylation sites (tertiary alicyclic amines) is 1. The highest BCUT2D eigenvalue weighted by atomic mass is 16.5. The zero-order valence-corrected chi connectivity index (χ0v) is 16.5. The Morgan fingerprint density at radius 3 is 2.45 bits per heavy atom. The molecule has 0 aromatic heterocycles. The number of hydrazone groups is 1. The van der Waals surface area contributed by atoms with Crippen LogP contribution in [0.25, 0.3) is 0 Å². The van der Waals surface area contributed by atoms with Crippen molar-refractivity contribution in [3.05, 3.63) is 65.7 Å². The quantitative estimate of drug-likeness (QED) is 0.553. The third kappa shape index (κ3) is 7.07. The van der Waals surface area contributed by atoms with Crippen LogP contribution in [-0.4, -0.2) is 42.6 Å². The average molecular weight is 393 g/mol. The van der Waals surface area contributed by atoms with Crippen LogP contribution in [0.4, 0.5) is 0 Å². The minimum Gasteiger partial charge on any atom is -0.484 e. The molecule has 2 aromatic rings. The molecular weight excluding hydrogens is 366 g/mol. The van der Waals surface area contributed by atoms with E-state index in [-0.39, 0.29) is 18.4 Å². The maximum absolute atomic E-state index is 12.1. The summed E-state index contributed by atoms with van der Waals surface area (Å²) in [6.07, 6.45) is 6.00. The number of carbonyl (C=O) groups excluding carboxylic acids is 2. The summed E-state index contributed by atoms with van der Waals surface area (Å²) in [6.45, 7) is 1.72. The van der Waals surface area contributed by atoms with E-state index in [0.29, 0.717) is 18.6 Å². The Labute approximate surface area is 171 Å². The van der Waals surface area contributed by atoms with E-state index < -0.39 is 0 Å². The molecule has 0 unspecified atom stereocenters. The first-order valence-electron chi connectivity index (χ1n) is 10.1. The minimum absolute atomic E-state index is 0.0357. The van der Waals surface area contributed by atoms with Crippen molar-refractivity contribution in [2.24, 2.45) is 5.10 Å². The van der Waals surface area contributed by atoms with Crippen LogP contribution < -0.4 is 10.2 Å². The second-order valence-corrected chi connectivity index (χ2v) is 7.08. The van der Waals surface area contributed by atoms with Crippen LogP contribution in [0.3, 0.4) is 0 Å². The van der Waals surface area contributed by atoms with Crippen molar-refractivity contribution < 1.29 is 14.3 Å². The Morgan fingerprint density at radius 2 is 1.72 bits per heavy atom. The topological polar surface area (TPSA) is 71.0 Å². The molecule has 152 valence electrons. The van der Waals surface area contributed by atoms with E-state index in [1.165, 1.54) is 6.42 Å². The lowest BCUT2D eigenvalue weighted by molar-refractivity contribution is -0.134. The van der Waals surface area contributed by atoms with Gasteiger partial charge >= 0.3 is 0 Å². The Kier molecular flexibility index (Phi) is 7.81. The molecule has 2 amide bonds. The van der Waals surface area contributed by atoms with Gasteiger partial charge < -0.3 is 9.64 Å². The molecule has 0 atom stereocenters. The largest absolute Gasteiger partial charge is 0.484 e. The number of ether oxygens (including phenoxy) is 1. The molecule has 0 saturated carbocycles. The summed E-state index contributed by atoms with van der Waals surface area (Å²) in [5.41, 5.74) is 4.50. The van der Waals surface area contributed by atoms with Crippen molar-refractivity contribution >= 4 is 18.0 Å². The van der Waals surface area contributed by atoms with Crippen LogP contribution in [0.2, 0.25) is 0 Å². The summed E-state index contributed by atoms with van der Waals surface area (Å²) in [5, 5.41) is 3.99. The van der Waals surface area contributed by atoms with Gasteiger partial charge in [-0.1, -0.05) is 30.3 Å². The second-order valence-electron chi connectivity index (χ2n) is 7.08. The Hall–Kier alpha value is -3.15. The van der Waals surface area contributed by atoms with Crippen LogP contribution in [0.5, 0.6) is 5.75 Å². The smallest absolute Gasteiger partial charge is 0.260 e. The zero-order valence-electron chi connectivity index (χ0n) is 16.5. The lowest BCUT2D eigenvalue weighted by atomic mass is 10.1. The first-order chi connectivity index (χ1) is 14.2. The van der Waals surface area contributed by atoms with E-state index in [4.69, 9.17) is 4.74 Å². The average Bonchev–Trinajstić information content (AvgIpc) is 2.78. The molecule has 2 aromatic carbocycles. The Bertz CT molecular complexity index is 813. The minimum atomic E-state index is -0.124. The SMILES string of the molecule is O=C(CCc1ccccc1)N/N=C\c1ccc(OCC(=O)N2CCCCC2)cc1. The number of nitrogens with zero attached hydrogens (tertiary/aromatic N) is 2. The molecule has 1 N–H and O–H groups in total. The molecular formula is C23H27N3O3. The van der Waals surface area contributed by atoms with Gasteiger partial charge in [-0.15, -0.1) is 0 Å². The first-order valence-corrected chi connectivity index (χ1v) is 10.1. The maximum atomic E-state index is 12.1. The van der Waals surface area contributed by atoms with Gasteiger partial charge in [0.05, 0.1) is 6.21 Å². The van der Waals surface area contributed by atoms with Gasteiger partial charge in [-0.3, -0.25) is 9.59 Å². The summed E-state index contributed by atoms with van der Waals surface area (Å²) in [6, 6.07) is 17.1. The molecule has 29 heavy (non-hydrogen) atoms. The van der Waals surface area contributed by atoms with Crippen molar-refractivity contribution in [1.29, 1.82) is 0 Å². The fourth-order valence-corrected chi connectivity index (χ4v) is 3.17. The van der Waals surface area contributed by atoms with Crippen LogP contribution in [0, 0.1) is 0 Å². The number of benzene rings is 2. The number of amides is 2. The van der Waals surface area contributed by atoms with Gasteiger partial charge in [0.2, 0.25) is 5.91 Å². The van der Waals surface area contributed by atoms with E-state index in [0.717, 1.165) is 37.1 Å². The molecule has 1 aliphatic heterocycles. The molecule has 0 bridgehead atoms. The summed E-state index contributed by atoms with van der Waals surface area (Å²) in [4.78, 5) is 25.9. The van der Waals surface area contributed by atoms with Gasteiger partial charge in [-0.25, -0.2) is 5.43 Å². The van der Waals surface area contributed by atoms with Gasteiger partial charge in [0.15, 0.2) is 6.61 Å². The fourth-order valence-electron chi connectivity index (χ4n) is 3.17. The monoisotopic (exact) mass is 393 g/mol. The predicted octanol–water partition coefficient (Wildman–Crippen LogP) is 3.16. The Morgan fingerprint density at radius 1 is 1.00 bits per heavy atom. The van der Waals surface area contributed by atoms with Gasteiger partial charge in [-0.2, -0.15) is 5.10 Å². The van der Waals surface area contributed by atoms with E-state index in [1.54, 1.807) is 18.3 Å². The third-order valence-electron chi connectivity index (χ3n) is 4.84. The van der Waals surface area contributed by atoms with Crippen molar-refractivity contribution in [3.8, 4) is 5.75 Å². The third-order valence-corrected chi connectivity index (χ3v) is 4.84. The molecule has 1 saturated heterocycles. The number of piperidine rings is 1. The maximum Gasteiger partial charge on any atom is 0.260 e. The highest BCUT2D eigenvalue weighted by Gasteiger charge is 2.16. The summed E-state index contributed by atoms with van der Waals surface area (Å²) in [5.74, 6) is 0.550. The zero-order chi connectivity index (χ0) is 20.3. The van der Waals surface area contributed by atoms with Crippen LogP contribution in [0.15, 0.2) is 59.7 Å². The van der Waals surface area contributed by atoms with Crippen molar-refractivity contribution in [2.45, 2.75) is 32.1 Å². The van der Waals surface area contributed by atoms with Crippen molar-refractivity contribution in [3.63, 3.8) is 0 Å². The Balaban J connectivity index is 1.38. The van der Waals surface area contributed by atoms with Gasteiger partial charge in [0, 0.05) is 19.5 Å². The highest BCUT2D eigenvalue weighted by molar-refractivity contribution is 5.82. The number of carbonyl (C=O) groups is 2. The molecule has 1 heterocycles. The molecule has 0 spiro atoms. The summed E-state index contributed by atoms with van der Waals surface area (Å²) < 4.78 is 5.59. The molecule has 0 aliphatic carbocycles. The van der Waals surface area contributed by atoms with Gasteiger partial charge in [-0.05, 0) is 61.1 Å². The van der Waals surface area contributed by atoms with E-state index in [2.05, 4.69) is 10.5 Å². The number of nitrogens with one attached hydrogen (secondary N) is 1. The van der Waals surface area contributed by atoms with E-state index in [9.17, 15) is 9.59 Å². The predicted molar refractivity (Wildman–Crippen MR) is 113 cm³/mol. The van der Waals surface area contributed by atoms with Crippen LogP contribution in [-0.2, 0) is 16.0 Å².